The molecular formula is C10H16Cl2N2. The average Bonchev–Trinajstić information content (AvgIpc) is 2.03. The van der Waals surface area contributed by atoms with Crippen molar-refractivity contribution in [3.63, 3.8) is 0 Å². The molecule has 1 atom stereocenters. The lowest BCUT2D eigenvalue weighted by atomic mass is 9.99. The van der Waals surface area contributed by atoms with Crippen LogP contribution < -0.4 is 5.73 Å². The number of hydrogen-bond acceptors (Lipinski definition) is 2. The van der Waals surface area contributed by atoms with Gasteiger partial charge in [0.15, 0.2) is 0 Å². The normalized spacial score (nSPS) is 12.4. The molecule has 1 rings (SSSR count). The van der Waals surface area contributed by atoms with Crippen LogP contribution in [0, 0.1) is 5.92 Å². The van der Waals surface area contributed by atoms with E-state index < -0.39 is 0 Å². The van der Waals surface area contributed by atoms with Crippen LogP contribution in [0.2, 0.25) is 5.15 Å². The molecule has 0 bridgehead atoms. The van der Waals surface area contributed by atoms with Crippen molar-refractivity contribution in [3.8, 4) is 0 Å². The van der Waals surface area contributed by atoms with Crippen LogP contribution in [0.3, 0.4) is 0 Å². The largest absolute Gasteiger partial charge is 0.324 e. The van der Waals surface area contributed by atoms with E-state index in [0.717, 1.165) is 12.0 Å². The van der Waals surface area contributed by atoms with E-state index in [9.17, 15) is 0 Å². The van der Waals surface area contributed by atoms with Crippen molar-refractivity contribution in [2.75, 3.05) is 0 Å². The molecule has 0 aliphatic heterocycles. The first-order chi connectivity index (χ1) is 6.11. The molecule has 0 fully saturated rings. The molecule has 1 aromatic rings. The minimum Gasteiger partial charge on any atom is -0.324 e. The molecule has 80 valence electrons. The summed E-state index contributed by atoms with van der Waals surface area (Å²) in [5.41, 5.74) is 6.91. The van der Waals surface area contributed by atoms with E-state index in [1.54, 1.807) is 6.20 Å². The predicted molar refractivity (Wildman–Crippen MR) is 62.9 cm³/mol. The standard InChI is InChI=1S/C10H15ClN2.ClH/c1-7(2)6-9(12)8-4-3-5-13-10(8)11;/h3-5,7,9H,6,12H2,1-2H3;1H/t9-;/m0./s1. The Hall–Kier alpha value is -0.310. The fraction of sp³-hybridized carbons (Fsp3) is 0.500. The number of nitrogens with two attached hydrogens (primary N) is 1. The lowest BCUT2D eigenvalue weighted by Crippen LogP contribution is -2.13. The van der Waals surface area contributed by atoms with Gasteiger partial charge >= 0.3 is 0 Å². The van der Waals surface area contributed by atoms with Gasteiger partial charge in [-0.15, -0.1) is 12.4 Å². The van der Waals surface area contributed by atoms with Gasteiger partial charge in [0, 0.05) is 17.8 Å². The van der Waals surface area contributed by atoms with Gasteiger partial charge in [0.2, 0.25) is 0 Å². The molecule has 0 saturated heterocycles. The van der Waals surface area contributed by atoms with E-state index in [1.165, 1.54) is 0 Å². The summed E-state index contributed by atoms with van der Waals surface area (Å²) in [5, 5.41) is 0.524. The van der Waals surface area contributed by atoms with Gasteiger partial charge in [0.05, 0.1) is 0 Å². The fourth-order valence-corrected chi connectivity index (χ4v) is 1.57. The highest BCUT2D eigenvalue weighted by Gasteiger charge is 2.11. The maximum Gasteiger partial charge on any atom is 0.133 e. The molecule has 0 unspecified atom stereocenters. The zero-order valence-corrected chi connectivity index (χ0v) is 9.98. The topological polar surface area (TPSA) is 38.9 Å². The van der Waals surface area contributed by atoms with Gasteiger partial charge in [-0.1, -0.05) is 31.5 Å². The maximum atomic E-state index is 5.97. The number of halogens is 2. The Balaban J connectivity index is 0.00000169. The van der Waals surface area contributed by atoms with Crippen LogP contribution in [0.15, 0.2) is 18.3 Å². The summed E-state index contributed by atoms with van der Waals surface area (Å²) >= 11 is 5.91. The van der Waals surface area contributed by atoms with Gasteiger partial charge in [-0.2, -0.15) is 0 Å². The molecule has 0 amide bonds. The van der Waals surface area contributed by atoms with Crippen LogP contribution in [0.4, 0.5) is 0 Å². The van der Waals surface area contributed by atoms with Gasteiger partial charge in [0.25, 0.3) is 0 Å². The minimum absolute atomic E-state index is 0. The third kappa shape index (κ3) is 3.82. The molecule has 4 heteroatoms. The first-order valence-corrected chi connectivity index (χ1v) is 4.85. The molecule has 0 aliphatic carbocycles. The molecule has 0 aliphatic rings. The van der Waals surface area contributed by atoms with Gasteiger partial charge in [-0.05, 0) is 18.4 Å². The third-order valence-corrected chi connectivity index (χ3v) is 2.23. The van der Waals surface area contributed by atoms with Gasteiger partial charge in [0.1, 0.15) is 5.15 Å². The second kappa shape index (κ2) is 6.23. The van der Waals surface area contributed by atoms with E-state index in [0.29, 0.717) is 11.1 Å². The molecular weight excluding hydrogens is 219 g/mol. The monoisotopic (exact) mass is 234 g/mol. The maximum absolute atomic E-state index is 5.97. The smallest absolute Gasteiger partial charge is 0.133 e. The van der Waals surface area contributed by atoms with E-state index in [1.807, 2.05) is 12.1 Å². The highest BCUT2D eigenvalue weighted by Crippen LogP contribution is 2.23. The lowest BCUT2D eigenvalue weighted by molar-refractivity contribution is 0.509. The van der Waals surface area contributed by atoms with E-state index in [4.69, 9.17) is 17.3 Å². The van der Waals surface area contributed by atoms with Crippen LogP contribution in [-0.4, -0.2) is 4.98 Å². The molecule has 0 radical (unpaired) electrons. The molecule has 1 heterocycles. The summed E-state index contributed by atoms with van der Waals surface area (Å²) in [4.78, 5) is 3.99. The Kier molecular flexibility index (Phi) is 6.09. The quantitative estimate of drug-likeness (QED) is 0.817. The second-order valence-corrected chi connectivity index (χ2v) is 3.98. The molecule has 1 aromatic heterocycles. The number of nitrogens with zero attached hydrogens (tertiary/aromatic N) is 1. The summed E-state index contributed by atoms with van der Waals surface area (Å²) in [6.07, 6.45) is 2.61. The lowest BCUT2D eigenvalue weighted by Gasteiger charge is -2.14. The summed E-state index contributed by atoms with van der Waals surface area (Å²) < 4.78 is 0. The highest BCUT2D eigenvalue weighted by molar-refractivity contribution is 6.30. The van der Waals surface area contributed by atoms with E-state index >= 15 is 0 Å². The third-order valence-electron chi connectivity index (χ3n) is 1.91. The predicted octanol–water partition coefficient (Wildman–Crippen LogP) is 3.20. The highest BCUT2D eigenvalue weighted by atomic mass is 35.5. The summed E-state index contributed by atoms with van der Waals surface area (Å²) in [6, 6.07) is 3.80. The summed E-state index contributed by atoms with van der Waals surface area (Å²) in [5.74, 6) is 0.575. The SMILES string of the molecule is CC(C)C[C@H](N)c1cccnc1Cl.Cl. The number of pyridine rings is 1. The van der Waals surface area contributed by atoms with Crippen molar-refractivity contribution < 1.29 is 0 Å². The van der Waals surface area contributed by atoms with Crippen molar-refractivity contribution in [1.82, 2.24) is 4.98 Å². The number of aromatic nitrogens is 1. The first-order valence-electron chi connectivity index (χ1n) is 4.47. The first kappa shape index (κ1) is 13.7. The number of hydrogen-bond donors (Lipinski definition) is 1. The van der Waals surface area contributed by atoms with Crippen molar-refractivity contribution in [2.45, 2.75) is 26.3 Å². The molecule has 0 spiro atoms. The Labute approximate surface area is 96.3 Å². The van der Waals surface area contributed by atoms with E-state index in [2.05, 4.69) is 18.8 Å². The zero-order valence-electron chi connectivity index (χ0n) is 8.40. The van der Waals surface area contributed by atoms with E-state index in [-0.39, 0.29) is 18.4 Å². The Morgan fingerprint density at radius 2 is 2.14 bits per heavy atom. The van der Waals surface area contributed by atoms with Crippen molar-refractivity contribution in [3.05, 3.63) is 29.0 Å². The Morgan fingerprint density at radius 3 is 2.64 bits per heavy atom. The van der Waals surface area contributed by atoms with Crippen molar-refractivity contribution in [1.29, 1.82) is 0 Å². The van der Waals surface area contributed by atoms with Gasteiger partial charge < -0.3 is 5.73 Å². The van der Waals surface area contributed by atoms with Crippen LogP contribution in [0.25, 0.3) is 0 Å². The Bertz CT molecular complexity index is 277. The molecule has 14 heavy (non-hydrogen) atoms. The fourth-order valence-electron chi connectivity index (χ4n) is 1.31. The Morgan fingerprint density at radius 1 is 1.50 bits per heavy atom. The summed E-state index contributed by atoms with van der Waals surface area (Å²) in [7, 11) is 0. The second-order valence-electron chi connectivity index (χ2n) is 3.62. The van der Waals surface area contributed by atoms with Gasteiger partial charge in [-0.25, -0.2) is 4.98 Å². The van der Waals surface area contributed by atoms with Crippen LogP contribution in [-0.2, 0) is 0 Å². The molecule has 0 saturated carbocycles. The molecule has 0 aromatic carbocycles. The number of rotatable bonds is 3. The molecule has 2 N–H and O–H groups in total. The zero-order chi connectivity index (χ0) is 9.84. The summed E-state index contributed by atoms with van der Waals surface area (Å²) in [6.45, 7) is 4.29. The average molecular weight is 235 g/mol. The van der Waals surface area contributed by atoms with Crippen LogP contribution in [0.1, 0.15) is 31.9 Å². The minimum atomic E-state index is 0. The van der Waals surface area contributed by atoms with Gasteiger partial charge in [-0.3, -0.25) is 0 Å². The van der Waals surface area contributed by atoms with Crippen molar-refractivity contribution in [2.24, 2.45) is 11.7 Å². The molecule has 2 nitrogen and oxygen atoms in total. The van der Waals surface area contributed by atoms with Crippen molar-refractivity contribution >= 4 is 24.0 Å². The van der Waals surface area contributed by atoms with Crippen LogP contribution >= 0.6 is 24.0 Å². The van der Waals surface area contributed by atoms with Crippen LogP contribution in [0.5, 0.6) is 0 Å².